The Morgan fingerprint density at radius 2 is 1.84 bits per heavy atom. The maximum Gasteiger partial charge on any atom is 0.315 e. The van der Waals surface area contributed by atoms with Gasteiger partial charge in [0.25, 0.3) is 0 Å². The van der Waals surface area contributed by atoms with Gasteiger partial charge in [-0.05, 0) is 32.1 Å². The zero-order chi connectivity index (χ0) is 14.8. The van der Waals surface area contributed by atoms with Crippen LogP contribution in [-0.4, -0.2) is 30.2 Å². The van der Waals surface area contributed by atoms with Gasteiger partial charge in [-0.15, -0.1) is 0 Å². The Balaban J connectivity index is 4.05. The molecule has 0 saturated carbocycles. The van der Waals surface area contributed by atoms with Crippen molar-refractivity contribution >= 4 is 12.0 Å². The Hall–Kier alpha value is -1.52. The monoisotopic (exact) mass is 270 g/mol. The van der Waals surface area contributed by atoms with Crippen molar-refractivity contribution in [3.63, 3.8) is 0 Å². The molecule has 0 radical (unpaired) electrons. The highest BCUT2D eigenvalue weighted by atomic mass is 16.4. The first kappa shape index (κ1) is 17.5. The molecule has 3 N–H and O–H groups in total. The molecule has 0 aliphatic rings. The van der Waals surface area contributed by atoms with Crippen molar-refractivity contribution in [2.75, 3.05) is 13.1 Å². The van der Waals surface area contributed by atoms with Crippen LogP contribution in [0.25, 0.3) is 0 Å². The molecule has 0 aromatic rings. The van der Waals surface area contributed by atoms with Crippen molar-refractivity contribution in [2.24, 2.45) is 11.8 Å². The summed E-state index contributed by atoms with van der Waals surface area (Å²) in [7, 11) is 0. The standard InChI is InChI=1S/C14H26N2O3/c1-10(2)5-6-15-14(19)16-9-12(7-11(3)4)8-13(17)18/h5,11-12H,6-9H2,1-4H3,(H,17,18)(H2,15,16,19)/t12-/m0/s1. The lowest BCUT2D eigenvalue weighted by molar-refractivity contribution is -0.138. The van der Waals surface area contributed by atoms with Crippen molar-refractivity contribution in [1.29, 1.82) is 0 Å². The Labute approximate surface area is 115 Å². The van der Waals surface area contributed by atoms with Gasteiger partial charge in [0, 0.05) is 19.5 Å². The van der Waals surface area contributed by atoms with Crippen LogP contribution in [0.1, 0.15) is 40.5 Å². The van der Waals surface area contributed by atoms with Crippen LogP contribution >= 0.6 is 0 Å². The molecule has 19 heavy (non-hydrogen) atoms. The zero-order valence-corrected chi connectivity index (χ0v) is 12.3. The van der Waals surface area contributed by atoms with Crippen molar-refractivity contribution in [1.82, 2.24) is 10.6 Å². The maximum atomic E-state index is 11.5. The number of aliphatic carboxylic acids is 1. The first-order valence-corrected chi connectivity index (χ1v) is 6.68. The van der Waals surface area contributed by atoms with E-state index in [4.69, 9.17) is 5.11 Å². The summed E-state index contributed by atoms with van der Waals surface area (Å²) in [6, 6.07) is -0.253. The van der Waals surface area contributed by atoms with E-state index in [0.717, 1.165) is 12.0 Å². The summed E-state index contributed by atoms with van der Waals surface area (Å²) in [4.78, 5) is 22.2. The van der Waals surface area contributed by atoms with E-state index >= 15 is 0 Å². The highest BCUT2D eigenvalue weighted by Gasteiger charge is 2.15. The fraction of sp³-hybridized carbons (Fsp3) is 0.714. The SMILES string of the molecule is CC(C)=CCNC(=O)NC[C@H](CC(=O)O)CC(C)C. The Morgan fingerprint density at radius 3 is 2.32 bits per heavy atom. The Bertz CT molecular complexity index is 321. The Morgan fingerprint density at radius 1 is 1.21 bits per heavy atom. The fourth-order valence-corrected chi connectivity index (χ4v) is 1.80. The summed E-state index contributed by atoms with van der Waals surface area (Å²) in [5.74, 6) is -0.427. The van der Waals surface area contributed by atoms with Gasteiger partial charge < -0.3 is 15.7 Å². The van der Waals surface area contributed by atoms with Crippen LogP contribution in [0, 0.1) is 11.8 Å². The predicted octanol–water partition coefficient (Wildman–Crippen LogP) is 2.39. The second-order valence-electron chi connectivity index (χ2n) is 5.47. The molecule has 0 aliphatic heterocycles. The van der Waals surface area contributed by atoms with Crippen molar-refractivity contribution < 1.29 is 14.7 Å². The quantitative estimate of drug-likeness (QED) is 0.593. The molecule has 0 bridgehead atoms. The summed E-state index contributed by atoms with van der Waals surface area (Å²) in [6.07, 6.45) is 2.80. The van der Waals surface area contributed by atoms with Crippen molar-refractivity contribution in [2.45, 2.75) is 40.5 Å². The third-order valence-electron chi connectivity index (χ3n) is 2.59. The molecule has 0 spiro atoms. The van der Waals surface area contributed by atoms with Crippen molar-refractivity contribution in [3.8, 4) is 0 Å². The summed E-state index contributed by atoms with van der Waals surface area (Å²) in [5, 5.41) is 14.3. The van der Waals surface area contributed by atoms with E-state index in [1.165, 1.54) is 0 Å². The first-order chi connectivity index (χ1) is 8.81. The van der Waals surface area contributed by atoms with E-state index in [2.05, 4.69) is 10.6 Å². The number of carboxylic acids is 1. The van der Waals surface area contributed by atoms with Crippen molar-refractivity contribution in [3.05, 3.63) is 11.6 Å². The molecule has 1 atom stereocenters. The molecule has 0 heterocycles. The van der Waals surface area contributed by atoms with Gasteiger partial charge in [0.05, 0.1) is 0 Å². The van der Waals surface area contributed by atoms with Crippen LogP contribution in [0.15, 0.2) is 11.6 Å². The van der Waals surface area contributed by atoms with E-state index in [9.17, 15) is 9.59 Å². The molecule has 0 aliphatic carbocycles. The molecule has 0 fully saturated rings. The number of hydrogen-bond donors (Lipinski definition) is 3. The molecule has 5 nitrogen and oxygen atoms in total. The number of carbonyl (C=O) groups excluding carboxylic acids is 1. The van der Waals surface area contributed by atoms with Gasteiger partial charge in [0.15, 0.2) is 0 Å². The molecule has 110 valence electrons. The number of amides is 2. The molecule has 5 heteroatoms. The lowest BCUT2D eigenvalue weighted by Gasteiger charge is -2.17. The van der Waals surface area contributed by atoms with Gasteiger partial charge in [0.2, 0.25) is 0 Å². The highest BCUT2D eigenvalue weighted by molar-refractivity contribution is 5.74. The summed E-state index contributed by atoms with van der Waals surface area (Å²) < 4.78 is 0. The van der Waals surface area contributed by atoms with E-state index in [-0.39, 0.29) is 18.4 Å². The molecular weight excluding hydrogens is 244 g/mol. The lowest BCUT2D eigenvalue weighted by Crippen LogP contribution is -2.39. The first-order valence-electron chi connectivity index (χ1n) is 6.68. The van der Waals surface area contributed by atoms with E-state index in [0.29, 0.717) is 19.0 Å². The third kappa shape index (κ3) is 11.3. The predicted molar refractivity (Wildman–Crippen MR) is 76.0 cm³/mol. The van der Waals surface area contributed by atoms with Gasteiger partial charge in [-0.25, -0.2) is 4.79 Å². The topological polar surface area (TPSA) is 78.4 Å². The molecule has 0 rings (SSSR count). The molecule has 0 saturated heterocycles. The number of carboxylic acid groups (broad SMARTS) is 1. The largest absolute Gasteiger partial charge is 0.481 e. The molecule has 0 aromatic carbocycles. The highest BCUT2D eigenvalue weighted by Crippen LogP contribution is 2.14. The zero-order valence-electron chi connectivity index (χ0n) is 12.3. The number of rotatable bonds is 8. The van der Waals surface area contributed by atoms with Crippen LogP contribution < -0.4 is 10.6 Å². The average Bonchev–Trinajstić information content (AvgIpc) is 2.23. The van der Waals surface area contributed by atoms with Crippen LogP contribution in [0.3, 0.4) is 0 Å². The molecule has 0 unspecified atom stereocenters. The van der Waals surface area contributed by atoms with Gasteiger partial charge in [-0.2, -0.15) is 0 Å². The number of urea groups is 1. The normalized spacial score (nSPS) is 11.8. The fourth-order valence-electron chi connectivity index (χ4n) is 1.80. The number of hydrogen-bond acceptors (Lipinski definition) is 2. The second kappa shape index (κ2) is 9.42. The lowest BCUT2D eigenvalue weighted by atomic mass is 9.94. The van der Waals surface area contributed by atoms with E-state index in [1.807, 2.05) is 33.8 Å². The summed E-state index contributed by atoms with van der Waals surface area (Å²) in [6.45, 7) is 8.90. The van der Waals surface area contributed by atoms with Gasteiger partial charge in [-0.3, -0.25) is 4.79 Å². The van der Waals surface area contributed by atoms with Crippen LogP contribution in [-0.2, 0) is 4.79 Å². The Kier molecular flexibility index (Phi) is 8.66. The van der Waals surface area contributed by atoms with Gasteiger partial charge in [-0.1, -0.05) is 25.5 Å². The number of nitrogens with one attached hydrogen (secondary N) is 2. The molecule has 2 amide bonds. The van der Waals surface area contributed by atoms with Gasteiger partial charge >= 0.3 is 12.0 Å². The second-order valence-corrected chi connectivity index (χ2v) is 5.47. The third-order valence-corrected chi connectivity index (χ3v) is 2.59. The molecule has 0 aromatic heterocycles. The minimum absolute atomic E-state index is 0.0216. The van der Waals surface area contributed by atoms with E-state index in [1.54, 1.807) is 0 Å². The summed E-state index contributed by atoms with van der Waals surface area (Å²) >= 11 is 0. The minimum Gasteiger partial charge on any atom is -0.481 e. The average molecular weight is 270 g/mol. The number of allylic oxidation sites excluding steroid dienone is 1. The number of carbonyl (C=O) groups is 2. The maximum absolute atomic E-state index is 11.5. The van der Waals surface area contributed by atoms with E-state index < -0.39 is 5.97 Å². The van der Waals surface area contributed by atoms with Crippen LogP contribution in [0.5, 0.6) is 0 Å². The summed E-state index contributed by atoms with van der Waals surface area (Å²) in [5.41, 5.74) is 1.14. The van der Waals surface area contributed by atoms with Crippen LogP contribution in [0.2, 0.25) is 0 Å². The molecular formula is C14H26N2O3. The smallest absolute Gasteiger partial charge is 0.315 e. The van der Waals surface area contributed by atoms with Crippen LogP contribution in [0.4, 0.5) is 4.79 Å². The van der Waals surface area contributed by atoms with Gasteiger partial charge in [0.1, 0.15) is 0 Å². The minimum atomic E-state index is -0.822.